The Hall–Kier alpha value is -0.350. The highest BCUT2D eigenvalue weighted by atomic mass is 79.9. The number of halogens is 1. The lowest BCUT2D eigenvalue weighted by molar-refractivity contribution is 0.235. The molecule has 1 aromatic heterocycles. The number of hydrogen-bond donors (Lipinski definition) is 1. The van der Waals surface area contributed by atoms with Crippen molar-refractivity contribution in [1.82, 2.24) is 9.78 Å². The Balaban J connectivity index is 2.73. The van der Waals surface area contributed by atoms with E-state index in [2.05, 4.69) is 21.0 Å². The second-order valence-corrected chi connectivity index (χ2v) is 3.91. The van der Waals surface area contributed by atoms with E-state index in [-0.39, 0.29) is 12.5 Å². The maximum Gasteiger partial charge on any atom is 0.0635 e. The summed E-state index contributed by atoms with van der Waals surface area (Å²) in [6.07, 6.45) is 2.63. The van der Waals surface area contributed by atoms with Crippen LogP contribution in [0.1, 0.15) is 12.6 Å². The van der Waals surface area contributed by atoms with Crippen LogP contribution in [-0.4, -0.2) is 21.5 Å². The molecule has 1 aromatic rings. The molecule has 0 amide bonds. The normalized spacial score (nSPS) is 13.3. The van der Waals surface area contributed by atoms with Gasteiger partial charge in [-0.2, -0.15) is 5.10 Å². The first-order valence-corrected chi connectivity index (χ1v) is 4.71. The highest BCUT2D eigenvalue weighted by Gasteiger charge is 2.09. The van der Waals surface area contributed by atoms with Crippen molar-refractivity contribution in [2.75, 3.05) is 6.61 Å². The average Bonchev–Trinajstić information content (AvgIpc) is 2.35. The second-order valence-electron chi connectivity index (χ2n) is 3.05. The molecule has 1 N–H and O–H groups in total. The number of hydrogen-bond acceptors (Lipinski definition) is 2. The van der Waals surface area contributed by atoms with Gasteiger partial charge in [-0.25, -0.2) is 0 Å². The van der Waals surface area contributed by atoms with Gasteiger partial charge in [-0.3, -0.25) is 4.68 Å². The maximum absolute atomic E-state index is 8.87. The van der Waals surface area contributed by atoms with E-state index in [9.17, 15) is 0 Å². The zero-order chi connectivity index (χ0) is 9.14. The lowest BCUT2D eigenvalue weighted by Crippen LogP contribution is -2.08. The van der Waals surface area contributed by atoms with E-state index in [0.29, 0.717) is 0 Å². The van der Waals surface area contributed by atoms with Gasteiger partial charge in [0.05, 0.1) is 16.4 Å². The van der Waals surface area contributed by atoms with Crippen molar-refractivity contribution in [3.8, 4) is 0 Å². The fourth-order valence-electron chi connectivity index (χ4n) is 1.06. The first-order valence-electron chi connectivity index (χ1n) is 3.92. The number of aryl methyl sites for hydroxylation is 1. The third-order valence-electron chi connectivity index (χ3n) is 1.86. The summed E-state index contributed by atoms with van der Waals surface area (Å²) in [4.78, 5) is 0. The number of nitrogens with zero attached hydrogens (tertiary/aromatic N) is 2. The summed E-state index contributed by atoms with van der Waals surface area (Å²) in [5, 5.41) is 13.0. The molecular weight excluding hydrogens is 220 g/mol. The second kappa shape index (κ2) is 4.05. The van der Waals surface area contributed by atoms with Gasteiger partial charge in [-0.15, -0.1) is 0 Å². The molecule has 4 heteroatoms. The highest BCUT2D eigenvalue weighted by Crippen LogP contribution is 2.18. The summed E-state index contributed by atoms with van der Waals surface area (Å²) in [7, 11) is 1.91. The molecule has 0 radical (unpaired) electrons. The summed E-state index contributed by atoms with van der Waals surface area (Å²) in [6.45, 7) is 2.23. The van der Waals surface area contributed by atoms with Gasteiger partial charge < -0.3 is 5.11 Å². The standard InChI is InChI=1S/C8H13BrN2O/c1-6(5-12)3-8-7(9)4-10-11(8)2/h4,6,12H,3,5H2,1-2H3. The Kier molecular flexibility index (Phi) is 3.29. The number of aromatic nitrogens is 2. The summed E-state index contributed by atoms with van der Waals surface area (Å²) in [6, 6.07) is 0. The minimum absolute atomic E-state index is 0.220. The average molecular weight is 233 g/mol. The predicted octanol–water partition coefficient (Wildman–Crippen LogP) is 1.35. The molecule has 1 rings (SSSR count). The Bertz CT molecular complexity index is 240. The first kappa shape index (κ1) is 9.74. The molecule has 0 aliphatic carbocycles. The molecule has 0 saturated heterocycles. The summed E-state index contributed by atoms with van der Waals surface area (Å²) in [5.41, 5.74) is 1.14. The van der Waals surface area contributed by atoms with E-state index in [1.165, 1.54) is 0 Å². The van der Waals surface area contributed by atoms with Gasteiger partial charge in [0.15, 0.2) is 0 Å². The van der Waals surface area contributed by atoms with Gasteiger partial charge >= 0.3 is 0 Å². The zero-order valence-electron chi connectivity index (χ0n) is 7.29. The van der Waals surface area contributed by atoms with Crippen LogP contribution in [0.15, 0.2) is 10.7 Å². The van der Waals surface area contributed by atoms with Crippen molar-refractivity contribution < 1.29 is 5.11 Å². The van der Waals surface area contributed by atoms with Crippen LogP contribution in [0.2, 0.25) is 0 Å². The minimum atomic E-state index is 0.220. The van der Waals surface area contributed by atoms with E-state index in [1.807, 2.05) is 18.7 Å². The van der Waals surface area contributed by atoms with Crippen molar-refractivity contribution in [1.29, 1.82) is 0 Å². The molecule has 1 atom stereocenters. The Morgan fingerprint density at radius 1 is 1.75 bits per heavy atom. The molecule has 3 nitrogen and oxygen atoms in total. The molecule has 68 valence electrons. The topological polar surface area (TPSA) is 38.1 Å². The number of aliphatic hydroxyl groups excluding tert-OH is 1. The van der Waals surface area contributed by atoms with Crippen molar-refractivity contribution in [2.45, 2.75) is 13.3 Å². The van der Waals surface area contributed by atoms with Crippen molar-refractivity contribution in [3.63, 3.8) is 0 Å². The Labute approximate surface area is 80.5 Å². The highest BCUT2D eigenvalue weighted by molar-refractivity contribution is 9.10. The third-order valence-corrected chi connectivity index (χ3v) is 2.53. The lowest BCUT2D eigenvalue weighted by Gasteiger charge is -2.07. The van der Waals surface area contributed by atoms with Crippen molar-refractivity contribution in [3.05, 3.63) is 16.4 Å². The number of aliphatic hydroxyl groups is 1. The van der Waals surface area contributed by atoms with Gasteiger partial charge in [0.1, 0.15) is 0 Å². The molecule has 1 unspecified atom stereocenters. The molecule has 0 bridgehead atoms. The van der Waals surface area contributed by atoms with Gasteiger partial charge in [0.25, 0.3) is 0 Å². The molecule has 12 heavy (non-hydrogen) atoms. The van der Waals surface area contributed by atoms with E-state index < -0.39 is 0 Å². The van der Waals surface area contributed by atoms with Crippen LogP contribution in [0.3, 0.4) is 0 Å². The summed E-state index contributed by atoms with van der Waals surface area (Å²) in [5.74, 6) is 0.289. The van der Waals surface area contributed by atoms with E-state index >= 15 is 0 Å². The summed E-state index contributed by atoms with van der Waals surface area (Å²) < 4.78 is 2.85. The van der Waals surface area contributed by atoms with E-state index in [0.717, 1.165) is 16.6 Å². The third kappa shape index (κ3) is 2.08. The SMILES string of the molecule is CC(CO)Cc1c(Br)cnn1C. The zero-order valence-corrected chi connectivity index (χ0v) is 8.87. The molecular formula is C8H13BrN2O. The van der Waals surface area contributed by atoms with Crippen LogP contribution >= 0.6 is 15.9 Å². The fourth-order valence-corrected chi connectivity index (χ4v) is 1.57. The molecule has 0 aliphatic rings. The van der Waals surface area contributed by atoms with Gasteiger partial charge in [-0.05, 0) is 28.3 Å². The first-order chi connectivity index (χ1) is 5.65. The Morgan fingerprint density at radius 3 is 2.83 bits per heavy atom. The minimum Gasteiger partial charge on any atom is -0.396 e. The lowest BCUT2D eigenvalue weighted by atomic mass is 10.1. The maximum atomic E-state index is 8.87. The molecule has 0 saturated carbocycles. The van der Waals surface area contributed by atoms with Crippen molar-refractivity contribution in [2.24, 2.45) is 13.0 Å². The molecule has 1 heterocycles. The molecule has 0 fully saturated rings. The smallest absolute Gasteiger partial charge is 0.0635 e. The number of rotatable bonds is 3. The fraction of sp³-hybridized carbons (Fsp3) is 0.625. The van der Waals surface area contributed by atoms with Crippen LogP contribution in [0.4, 0.5) is 0 Å². The van der Waals surface area contributed by atoms with E-state index in [4.69, 9.17) is 5.11 Å². The van der Waals surface area contributed by atoms with Gasteiger partial charge in [0.2, 0.25) is 0 Å². The van der Waals surface area contributed by atoms with Crippen LogP contribution in [0.25, 0.3) is 0 Å². The van der Waals surface area contributed by atoms with Gasteiger partial charge in [-0.1, -0.05) is 6.92 Å². The molecule has 0 spiro atoms. The van der Waals surface area contributed by atoms with Crippen molar-refractivity contribution >= 4 is 15.9 Å². The monoisotopic (exact) mass is 232 g/mol. The van der Waals surface area contributed by atoms with Crippen LogP contribution < -0.4 is 0 Å². The van der Waals surface area contributed by atoms with Crippen LogP contribution in [-0.2, 0) is 13.5 Å². The quantitative estimate of drug-likeness (QED) is 0.855. The molecule has 0 aliphatic heterocycles. The van der Waals surface area contributed by atoms with Crippen LogP contribution in [0, 0.1) is 5.92 Å². The van der Waals surface area contributed by atoms with Gasteiger partial charge in [0, 0.05) is 13.7 Å². The Morgan fingerprint density at radius 2 is 2.42 bits per heavy atom. The molecule has 0 aromatic carbocycles. The van der Waals surface area contributed by atoms with E-state index in [1.54, 1.807) is 6.20 Å². The summed E-state index contributed by atoms with van der Waals surface area (Å²) >= 11 is 3.41. The van der Waals surface area contributed by atoms with Crippen LogP contribution in [0.5, 0.6) is 0 Å². The predicted molar refractivity (Wildman–Crippen MR) is 50.9 cm³/mol. The largest absolute Gasteiger partial charge is 0.396 e.